The van der Waals surface area contributed by atoms with E-state index in [-0.39, 0.29) is 17.5 Å². The van der Waals surface area contributed by atoms with Crippen LogP contribution in [0.4, 0.5) is 5.69 Å². The quantitative estimate of drug-likeness (QED) is 0.848. The van der Waals surface area contributed by atoms with Crippen molar-refractivity contribution in [3.8, 4) is 0 Å². The standard InChI is InChI=1S/C16H19ClN4O3S/c1-11-4-5-13(7-14(11)17)20-16(22)12-3-2-6-21(9-12)25(23,24)15-8-18-10-19-15/h4-5,7-8,10,12H,2-3,6,9H2,1H3,(H,18,19)(H,20,22). The van der Waals surface area contributed by atoms with Crippen molar-refractivity contribution >= 4 is 33.2 Å². The van der Waals surface area contributed by atoms with E-state index in [0.29, 0.717) is 30.1 Å². The average Bonchev–Trinajstić information content (AvgIpc) is 3.14. The monoisotopic (exact) mass is 382 g/mol. The Kier molecular flexibility index (Phi) is 5.12. The van der Waals surface area contributed by atoms with Crippen LogP contribution in [-0.4, -0.2) is 41.7 Å². The van der Waals surface area contributed by atoms with Crippen molar-refractivity contribution in [2.45, 2.75) is 24.8 Å². The van der Waals surface area contributed by atoms with Crippen molar-refractivity contribution in [2.24, 2.45) is 5.92 Å². The highest BCUT2D eigenvalue weighted by Crippen LogP contribution is 2.25. The van der Waals surface area contributed by atoms with Crippen LogP contribution in [0.3, 0.4) is 0 Å². The lowest BCUT2D eigenvalue weighted by molar-refractivity contribution is -0.120. The summed E-state index contributed by atoms with van der Waals surface area (Å²) < 4.78 is 26.5. The van der Waals surface area contributed by atoms with Crippen molar-refractivity contribution in [1.29, 1.82) is 0 Å². The number of sulfonamides is 1. The Morgan fingerprint density at radius 2 is 2.24 bits per heavy atom. The molecule has 1 aromatic carbocycles. The lowest BCUT2D eigenvalue weighted by atomic mass is 9.98. The Balaban J connectivity index is 1.70. The maximum absolute atomic E-state index is 12.6. The smallest absolute Gasteiger partial charge is 0.260 e. The summed E-state index contributed by atoms with van der Waals surface area (Å²) in [6, 6.07) is 5.30. The van der Waals surface area contributed by atoms with Crippen molar-refractivity contribution in [3.63, 3.8) is 0 Å². The fraction of sp³-hybridized carbons (Fsp3) is 0.375. The third-order valence-electron chi connectivity index (χ3n) is 4.29. The molecule has 0 aliphatic carbocycles. The number of nitrogens with one attached hydrogen (secondary N) is 2. The number of piperidine rings is 1. The van der Waals surface area contributed by atoms with Crippen LogP contribution in [-0.2, 0) is 14.8 Å². The molecule has 9 heteroatoms. The first-order valence-corrected chi connectivity index (χ1v) is 9.75. The molecule has 0 spiro atoms. The van der Waals surface area contributed by atoms with Crippen LogP contribution in [0, 0.1) is 12.8 Å². The van der Waals surface area contributed by atoms with Gasteiger partial charge in [-0.1, -0.05) is 17.7 Å². The third kappa shape index (κ3) is 3.86. The van der Waals surface area contributed by atoms with E-state index in [4.69, 9.17) is 11.6 Å². The summed E-state index contributed by atoms with van der Waals surface area (Å²) in [5.74, 6) is -0.615. The highest BCUT2D eigenvalue weighted by Gasteiger charge is 2.34. The Labute approximate surface area is 151 Å². The first kappa shape index (κ1) is 17.9. The van der Waals surface area contributed by atoms with Gasteiger partial charge in [-0.25, -0.2) is 13.4 Å². The SMILES string of the molecule is Cc1ccc(NC(=O)C2CCCN(S(=O)(=O)c3cnc[nH]3)C2)cc1Cl. The molecular formula is C16H19ClN4O3S. The Bertz CT molecular complexity index is 868. The fourth-order valence-electron chi connectivity index (χ4n) is 2.81. The molecule has 0 bridgehead atoms. The second-order valence-electron chi connectivity index (χ2n) is 6.07. The number of aryl methyl sites for hydroxylation is 1. The van der Waals surface area contributed by atoms with Gasteiger partial charge in [0.15, 0.2) is 5.03 Å². The third-order valence-corrected chi connectivity index (χ3v) is 6.48. The molecule has 1 aromatic heterocycles. The first-order chi connectivity index (χ1) is 11.9. The molecule has 1 aliphatic heterocycles. The first-order valence-electron chi connectivity index (χ1n) is 7.93. The number of aromatic amines is 1. The molecular weight excluding hydrogens is 364 g/mol. The summed E-state index contributed by atoms with van der Waals surface area (Å²) in [7, 11) is -3.66. The van der Waals surface area contributed by atoms with Gasteiger partial charge >= 0.3 is 0 Å². The van der Waals surface area contributed by atoms with Gasteiger partial charge in [-0.15, -0.1) is 0 Å². The summed E-state index contributed by atoms with van der Waals surface area (Å²) in [4.78, 5) is 18.9. The number of rotatable bonds is 4. The number of amides is 1. The minimum Gasteiger partial charge on any atom is -0.335 e. The molecule has 1 aliphatic rings. The van der Waals surface area contributed by atoms with E-state index < -0.39 is 15.9 Å². The van der Waals surface area contributed by atoms with Crippen molar-refractivity contribution in [3.05, 3.63) is 41.3 Å². The summed E-state index contributed by atoms with van der Waals surface area (Å²) >= 11 is 6.07. The Hall–Kier alpha value is -1.90. The van der Waals surface area contributed by atoms with Crippen LogP contribution in [0.15, 0.2) is 35.7 Å². The average molecular weight is 383 g/mol. The van der Waals surface area contributed by atoms with Gasteiger partial charge in [0.2, 0.25) is 5.91 Å². The number of imidazole rings is 1. The summed E-state index contributed by atoms with van der Waals surface area (Å²) in [6.45, 7) is 2.42. The van der Waals surface area contributed by atoms with Gasteiger partial charge in [0.05, 0.1) is 18.4 Å². The maximum Gasteiger partial charge on any atom is 0.260 e. The molecule has 134 valence electrons. The van der Waals surface area contributed by atoms with Crippen LogP contribution < -0.4 is 5.32 Å². The molecule has 1 amide bonds. The molecule has 0 radical (unpaired) electrons. The number of benzene rings is 1. The maximum atomic E-state index is 12.6. The number of hydrogen-bond acceptors (Lipinski definition) is 4. The molecule has 25 heavy (non-hydrogen) atoms. The second kappa shape index (κ2) is 7.15. The zero-order valence-electron chi connectivity index (χ0n) is 13.7. The van der Waals surface area contributed by atoms with E-state index >= 15 is 0 Å². The van der Waals surface area contributed by atoms with Gasteiger partial charge in [0.1, 0.15) is 0 Å². The van der Waals surface area contributed by atoms with E-state index in [9.17, 15) is 13.2 Å². The van der Waals surface area contributed by atoms with Gasteiger partial charge in [-0.05, 0) is 37.5 Å². The van der Waals surface area contributed by atoms with Crippen LogP contribution >= 0.6 is 11.6 Å². The highest BCUT2D eigenvalue weighted by molar-refractivity contribution is 7.89. The van der Waals surface area contributed by atoms with Crippen molar-refractivity contribution in [1.82, 2.24) is 14.3 Å². The highest BCUT2D eigenvalue weighted by atomic mass is 35.5. The lowest BCUT2D eigenvalue weighted by Gasteiger charge is -2.30. The molecule has 3 rings (SSSR count). The second-order valence-corrected chi connectivity index (χ2v) is 8.38. The predicted molar refractivity (Wildman–Crippen MR) is 94.9 cm³/mol. The number of aromatic nitrogens is 2. The Morgan fingerprint density at radius 3 is 2.92 bits per heavy atom. The van der Waals surface area contributed by atoms with Crippen LogP contribution in [0.25, 0.3) is 0 Å². The molecule has 1 fully saturated rings. The zero-order chi connectivity index (χ0) is 18.0. The van der Waals surface area contributed by atoms with E-state index in [0.717, 1.165) is 5.56 Å². The zero-order valence-corrected chi connectivity index (χ0v) is 15.3. The molecule has 2 N–H and O–H groups in total. The van der Waals surface area contributed by atoms with Gasteiger partial charge in [0, 0.05) is 23.8 Å². The number of halogens is 1. The number of hydrogen-bond donors (Lipinski definition) is 2. The van der Waals surface area contributed by atoms with Crippen LogP contribution in [0.1, 0.15) is 18.4 Å². The minimum atomic E-state index is -3.66. The molecule has 1 unspecified atom stereocenters. The molecule has 2 aromatic rings. The van der Waals surface area contributed by atoms with Gasteiger partial charge in [-0.2, -0.15) is 4.31 Å². The van der Waals surface area contributed by atoms with E-state index in [1.807, 2.05) is 13.0 Å². The molecule has 7 nitrogen and oxygen atoms in total. The fourth-order valence-corrected chi connectivity index (χ4v) is 4.41. The van der Waals surface area contributed by atoms with E-state index in [1.165, 1.54) is 16.8 Å². The predicted octanol–water partition coefficient (Wildman–Crippen LogP) is 2.41. The molecule has 1 saturated heterocycles. The van der Waals surface area contributed by atoms with Crippen molar-refractivity contribution in [2.75, 3.05) is 18.4 Å². The molecule has 0 saturated carbocycles. The Morgan fingerprint density at radius 1 is 1.44 bits per heavy atom. The summed E-state index contributed by atoms with van der Waals surface area (Å²) in [6.07, 6.45) is 3.86. The number of carbonyl (C=O) groups excluding carboxylic acids is 1. The van der Waals surface area contributed by atoms with Gasteiger partial charge in [-0.3, -0.25) is 4.79 Å². The topological polar surface area (TPSA) is 95.2 Å². The largest absolute Gasteiger partial charge is 0.335 e. The number of nitrogens with zero attached hydrogens (tertiary/aromatic N) is 2. The number of carbonyl (C=O) groups is 1. The molecule has 2 heterocycles. The van der Waals surface area contributed by atoms with E-state index in [2.05, 4.69) is 15.3 Å². The summed E-state index contributed by atoms with van der Waals surface area (Å²) in [5.41, 5.74) is 1.53. The van der Waals surface area contributed by atoms with Gasteiger partial charge < -0.3 is 10.3 Å². The number of anilines is 1. The molecule has 1 atom stereocenters. The van der Waals surface area contributed by atoms with Crippen LogP contribution in [0.5, 0.6) is 0 Å². The minimum absolute atomic E-state index is 0.0406. The van der Waals surface area contributed by atoms with Crippen LogP contribution in [0.2, 0.25) is 5.02 Å². The number of H-pyrrole nitrogens is 1. The van der Waals surface area contributed by atoms with Crippen molar-refractivity contribution < 1.29 is 13.2 Å². The van der Waals surface area contributed by atoms with Gasteiger partial charge in [0.25, 0.3) is 10.0 Å². The van der Waals surface area contributed by atoms with E-state index in [1.54, 1.807) is 12.1 Å². The lowest BCUT2D eigenvalue weighted by Crippen LogP contribution is -2.43. The normalized spacial score (nSPS) is 18.9. The summed E-state index contributed by atoms with van der Waals surface area (Å²) in [5, 5.41) is 3.44.